The van der Waals surface area contributed by atoms with E-state index >= 15 is 0 Å². The molecule has 2 aliphatic heterocycles. The summed E-state index contributed by atoms with van der Waals surface area (Å²) in [6, 6.07) is 12.6. The minimum absolute atomic E-state index is 0.0548. The van der Waals surface area contributed by atoms with E-state index in [0.717, 1.165) is 18.4 Å². The van der Waals surface area contributed by atoms with Crippen molar-refractivity contribution in [3.63, 3.8) is 0 Å². The third kappa shape index (κ3) is 3.84. The molecule has 32 heavy (non-hydrogen) atoms. The number of nitrogens with zero attached hydrogens (tertiary/aromatic N) is 2. The van der Waals surface area contributed by atoms with Crippen molar-refractivity contribution >= 4 is 23.1 Å². The fourth-order valence-electron chi connectivity index (χ4n) is 4.40. The molecule has 2 amide bonds. The molecule has 1 fully saturated rings. The Balaban J connectivity index is 1.84. The molecule has 2 aromatic rings. The molecular weight excluding hydrogens is 408 g/mol. The zero-order valence-corrected chi connectivity index (χ0v) is 18.6. The number of anilines is 1. The summed E-state index contributed by atoms with van der Waals surface area (Å²) in [6.07, 6.45) is 1.75. The lowest BCUT2D eigenvalue weighted by Gasteiger charge is -2.34. The van der Waals surface area contributed by atoms with Crippen molar-refractivity contribution in [1.82, 2.24) is 4.90 Å². The molecule has 1 atom stereocenters. The van der Waals surface area contributed by atoms with Gasteiger partial charge in [0.1, 0.15) is 17.2 Å². The van der Waals surface area contributed by atoms with Crippen LogP contribution < -0.4 is 14.4 Å². The van der Waals surface area contributed by atoms with Gasteiger partial charge in [0.15, 0.2) is 0 Å². The van der Waals surface area contributed by atoms with E-state index < -0.39 is 11.8 Å². The van der Waals surface area contributed by atoms with Crippen molar-refractivity contribution < 1.29 is 24.2 Å². The van der Waals surface area contributed by atoms with Crippen molar-refractivity contribution in [1.29, 1.82) is 0 Å². The Bertz CT molecular complexity index is 1060. The maximum atomic E-state index is 13.8. The van der Waals surface area contributed by atoms with Crippen LogP contribution in [0, 0.1) is 12.8 Å². The van der Waals surface area contributed by atoms with Gasteiger partial charge in [0.05, 0.1) is 25.5 Å². The molecule has 0 saturated carbocycles. The highest BCUT2D eigenvalue weighted by Gasteiger charge is 2.44. The molecular formula is C25H28N2O5. The zero-order valence-electron chi connectivity index (χ0n) is 18.6. The highest BCUT2D eigenvalue weighted by molar-refractivity contribution is 6.45. The molecule has 0 bridgehead atoms. The number of imide groups is 1. The summed E-state index contributed by atoms with van der Waals surface area (Å²) >= 11 is 0. The summed E-state index contributed by atoms with van der Waals surface area (Å²) in [4.78, 5) is 30.7. The average Bonchev–Trinajstić information content (AvgIpc) is 3.08. The van der Waals surface area contributed by atoms with E-state index in [4.69, 9.17) is 9.47 Å². The van der Waals surface area contributed by atoms with E-state index in [1.165, 1.54) is 19.1 Å². The molecule has 1 unspecified atom stereocenters. The number of rotatable bonds is 6. The number of hydrogen-bond acceptors (Lipinski definition) is 6. The fourth-order valence-corrected chi connectivity index (χ4v) is 4.40. The van der Waals surface area contributed by atoms with Gasteiger partial charge in [-0.3, -0.25) is 9.59 Å². The number of carbonyl (C=O) groups is 2. The Morgan fingerprint density at radius 1 is 1.03 bits per heavy atom. The van der Waals surface area contributed by atoms with E-state index in [1.807, 2.05) is 36.1 Å². The van der Waals surface area contributed by atoms with E-state index in [1.54, 1.807) is 18.2 Å². The van der Waals surface area contributed by atoms with Gasteiger partial charge < -0.3 is 19.5 Å². The van der Waals surface area contributed by atoms with Crippen LogP contribution in [0.5, 0.6) is 11.5 Å². The number of piperidine rings is 1. The summed E-state index contributed by atoms with van der Waals surface area (Å²) in [5.41, 5.74) is 2.86. The molecule has 2 aliphatic rings. The van der Waals surface area contributed by atoms with Gasteiger partial charge >= 0.3 is 0 Å². The maximum absolute atomic E-state index is 13.8. The summed E-state index contributed by atoms with van der Waals surface area (Å²) in [5, 5.41) is 9.70. The molecule has 0 spiro atoms. The molecule has 4 rings (SSSR count). The summed E-state index contributed by atoms with van der Waals surface area (Å²) in [7, 11) is 3.03. The van der Waals surface area contributed by atoms with Crippen molar-refractivity contribution in [2.24, 2.45) is 5.92 Å². The highest BCUT2D eigenvalue weighted by Crippen LogP contribution is 2.41. The molecule has 7 nitrogen and oxygen atoms in total. The normalized spacial score (nSPS) is 19.1. The van der Waals surface area contributed by atoms with Gasteiger partial charge in [-0.1, -0.05) is 29.8 Å². The Labute approximate surface area is 187 Å². The monoisotopic (exact) mass is 436 g/mol. The molecule has 0 aliphatic carbocycles. The van der Waals surface area contributed by atoms with Crippen molar-refractivity contribution in [3.05, 3.63) is 59.3 Å². The largest absolute Gasteiger partial charge is 0.497 e. The number of hydrogen-bond donors (Lipinski definition) is 1. The van der Waals surface area contributed by atoms with E-state index in [9.17, 15) is 14.7 Å². The molecule has 1 N–H and O–H groups in total. The number of aliphatic hydroxyl groups excluding tert-OH is 1. The first-order chi connectivity index (χ1) is 15.5. The van der Waals surface area contributed by atoms with E-state index in [0.29, 0.717) is 47.1 Å². The number of amides is 2. The quantitative estimate of drug-likeness (QED) is 0.702. The minimum atomic E-state index is -0.397. The van der Waals surface area contributed by atoms with E-state index in [2.05, 4.69) is 0 Å². The molecule has 168 valence electrons. The maximum Gasteiger partial charge on any atom is 0.282 e. The van der Waals surface area contributed by atoms with Crippen LogP contribution in [-0.2, 0) is 9.59 Å². The van der Waals surface area contributed by atoms with Gasteiger partial charge in [0.25, 0.3) is 11.8 Å². The molecule has 2 aromatic carbocycles. The van der Waals surface area contributed by atoms with Crippen LogP contribution in [0.4, 0.5) is 5.69 Å². The van der Waals surface area contributed by atoms with Crippen LogP contribution in [0.1, 0.15) is 24.0 Å². The zero-order chi connectivity index (χ0) is 22.8. The Morgan fingerprint density at radius 3 is 2.44 bits per heavy atom. The van der Waals surface area contributed by atoms with Gasteiger partial charge in [-0.2, -0.15) is 0 Å². The van der Waals surface area contributed by atoms with Gasteiger partial charge in [-0.05, 0) is 43.4 Å². The Hall–Kier alpha value is -3.32. The summed E-state index contributed by atoms with van der Waals surface area (Å²) < 4.78 is 10.8. The second kappa shape index (κ2) is 9.04. The number of ether oxygens (including phenoxy) is 2. The molecule has 2 heterocycles. The number of aliphatic hydroxyl groups is 1. The van der Waals surface area contributed by atoms with Crippen molar-refractivity contribution in [3.8, 4) is 11.5 Å². The Morgan fingerprint density at radius 2 is 1.78 bits per heavy atom. The van der Waals surface area contributed by atoms with Crippen LogP contribution in [0.15, 0.2) is 48.2 Å². The lowest BCUT2D eigenvalue weighted by Crippen LogP contribution is -2.40. The fraction of sp³-hybridized carbons (Fsp3) is 0.360. The lowest BCUT2D eigenvalue weighted by molar-refractivity contribution is -0.120. The van der Waals surface area contributed by atoms with Crippen molar-refractivity contribution in [2.75, 3.05) is 38.8 Å². The first-order valence-electron chi connectivity index (χ1n) is 10.8. The van der Waals surface area contributed by atoms with Crippen LogP contribution in [0.3, 0.4) is 0 Å². The predicted octanol–water partition coefficient (Wildman–Crippen LogP) is 3.00. The number of aryl methyl sites for hydroxylation is 1. The van der Waals surface area contributed by atoms with Gasteiger partial charge in [0.2, 0.25) is 0 Å². The second-order valence-electron chi connectivity index (χ2n) is 8.21. The first-order valence-corrected chi connectivity index (χ1v) is 10.8. The standard InChI is InChI=1S/C25H28N2O5/c1-16-6-8-18(9-7-16)22-23(26-12-4-5-17(14-26)15-28)25(30)27(24(22)29)20-13-19(31-2)10-11-21(20)32-3/h6-11,13,17,28H,4-5,12,14-15H2,1-3H3. The smallest absolute Gasteiger partial charge is 0.282 e. The first kappa shape index (κ1) is 21.9. The third-order valence-corrected chi connectivity index (χ3v) is 6.12. The number of likely N-dealkylation sites (tertiary alicyclic amines) is 1. The SMILES string of the molecule is COc1ccc(OC)c(N2C(=O)C(c3ccc(C)cc3)=C(N3CCCC(CO)C3)C2=O)c1. The predicted molar refractivity (Wildman–Crippen MR) is 122 cm³/mol. The number of methoxy groups -OCH3 is 2. The van der Waals surface area contributed by atoms with Crippen molar-refractivity contribution in [2.45, 2.75) is 19.8 Å². The molecule has 1 saturated heterocycles. The third-order valence-electron chi connectivity index (χ3n) is 6.12. The summed E-state index contributed by atoms with van der Waals surface area (Å²) in [6.45, 7) is 3.22. The van der Waals surface area contributed by atoms with Gasteiger partial charge in [-0.15, -0.1) is 0 Å². The topological polar surface area (TPSA) is 79.3 Å². The molecule has 0 radical (unpaired) electrons. The molecule has 7 heteroatoms. The second-order valence-corrected chi connectivity index (χ2v) is 8.21. The van der Waals surface area contributed by atoms with Crippen LogP contribution in [0.2, 0.25) is 0 Å². The summed E-state index contributed by atoms with van der Waals surface area (Å²) in [5.74, 6) is 0.204. The minimum Gasteiger partial charge on any atom is -0.497 e. The van der Waals surface area contributed by atoms with Gasteiger partial charge in [-0.25, -0.2) is 4.90 Å². The highest BCUT2D eigenvalue weighted by atomic mass is 16.5. The van der Waals surface area contributed by atoms with Crippen LogP contribution in [-0.4, -0.2) is 55.7 Å². The van der Waals surface area contributed by atoms with Gasteiger partial charge in [0, 0.05) is 25.8 Å². The number of benzene rings is 2. The average molecular weight is 437 g/mol. The number of carbonyl (C=O) groups excluding carboxylic acids is 2. The van der Waals surface area contributed by atoms with Crippen LogP contribution in [0.25, 0.3) is 5.57 Å². The molecule has 0 aromatic heterocycles. The van der Waals surface area contributed by atoms with E-state index in [-0.39, 0.29) is 12.5 Å². The Kier molecular flexibility index (Phi) is 6.19. The lowest BCUT2D eigenvalue weighted by atomic mass is 9.96. The van der Waals surface area contributed by atoms with Crippen LogP contribution >= 0.6 is 0 Å².